The number of carbonyl (C=O) groups is 2. The highest BCUT2D eigenvalue weighted by Crippen LogP contribution is 2.32. The van der Waals surface area contributed by atoms with Crippen LogP contribution in [0.25, 0.3) is 11.3 Å². The van der Waals surface area contributed by atoms with Crippen LogP contribution < -0.4 is 10.2 Å². The Bertz CT molecular complexity index is 1060. The van der Waals surface area contributed by atoms with Gasteiger partial charge in [-0.2, -0.15) is 0 Å². The first-order chi connectivity index (χ1) is 15.2. The Morgan fingerprint density at radius 1 is 1.09 bits per heavy atom. The van der Waals surface area contributed by atoms with Crippen LogP contribution in [0.15, 0.2) is 54.6 Å². The minimum Gasteiger partial charge on any atom is -0.480 e. The van der Waals surface area contributed by atoms with Crippen LogP contribution in [0, 0.1) is 12.8 Å². The number of rotatable bonds is 9. The van der Waals surface area contributed by atoms with Crippen LogP contribution in [-0.2, 0) is 11.3 Å². The van der Waals surface area contributed by atoms with Gasteiger partial charge in [0.05, 0.1) is 5.69 Å². The van der Waals surface area contributed by atoms with E-state index in [-0.39, 0.29) is 11.8 Å². The molecule has 6 nitrogen and oxygen atoms in total. The van der Waals surface area contributed by atoms with Crippen LogP contribution in [0.3, 0.4) is 0 Å². The third-order valence-electron chi connectivity index (χ3n) is 5.11. The molecular formula is C25H29N3O3S. The molecule has 0 aliphatic rings. The lowest BCUT2D eigenvalue weighted by atomic mass is 10.0. The molecule has 0 bridgehead atoms. The minimum atomic E-state index is -1.01. The van der Waals surface area contributed by atoms with Gasteiger partial charge in [-0.05, 0) is 37.0 Å². The molecule has 1 atom stereocenters. The van der Waals surface area contributed by atoms with Gasteiger partial charge in [-0.1, -0.05) is 56.3 Å². The van der Waals surface area contributed by atoms with E-state index in [1.807, 2.05) is 51.2 Å². The highest BCUT2D eigenvalue weighted by molar-refractivity contribution is 7.16. The largest absolute Gasteiger partial charge is 0.480 e. The van der Waals surface area contributed by atoms with Crippen molar-refractivity contribution in [3.63, 3.8) is 0 Å². The Balaban J connectivity index is 1.65. The number of carboxylic acid groups (broad SMARTS) is 1. The van der Waals surface area contributed by atoms with Crippen LogP contribution in [0.2, 0.25) is 0 Å². The molecule has 3 aromatic rings. The highest BCUT2D eigenvalue weighted by atomic mass is 32.1. The second kappa shape index (κ2) is 10.4. The first-order valence-electron chi connectivity index (χ1n) is 10.6. The van der Waals surface area contributed by atoms with Crippen molar-refractivity contribution in [2.75, 3.05) is 11.9 Å². The summed E-state index contributed by atoms with van der Waals surface area (Å²) in [6.07, 6.45) is 0.391. The van der Waals surface area contributed by atoms with Gasteiger partial charge in [0.25, 0.3) is 5.91 Å². The van der Waals surface area contributed by atoms with Gasteiger partial charge in [-0.25, -0.2) is 9.78 Å². The molecule has 0 aliphatic heterocycles. The first kappa shape index (κ1) is 23.5. The number of aromatic nitrogens is 1. The molecule has 32 heavy (non-hydrogen) atoms. The number of amides is 1. The fourth-order valence-electron chi connectivity index (χ4n) is 3.45. The van der Waals surface area contributed by atoms with E-state index < -0.39 is 12.0 Å². The van der Waals surface area contributed by atoms with Crippen LogP contribution in [0.5, 0.6) is 0 Å². The number of benzene rings is 2. The topological polar surface area (TPSA) is 82.5 Å². The lowest BCUT2D eigenvalue weighted by Crippen LogP contribution is -2.41. The number of hydrogen-bond acceptors (Lipinski definition) is 5. The zero-order valence-electron chi connectivity index (χ0n) is 18.8. The summed E-state index contributed by atoms with van der Waals surface area (Å²) < 4.78 is 0. The predicted molar refractivity (Wildman–Crippen MR) is 129 cm³/mol. The third-order valence-corrected chi connectivity index (χ3v) is 6.19. The van der Waals surface area contributed by atoms with Crippen molar-refractivity contribution in [2.24, 2.45) is 5.92 Å². The molecule has 1 heterocycles. The molecule has 1 aromatic heterocycles. The number of carbonyl (C=O) groups excluding carboxylic acids is 1. The van der Waals surface area contributed by atoms with Gasteiger partial charge in [-0.15, -0.1) is 11.3 Å². The molecule has 2 aromatic carbocycles. The standard InChI is InChI=1S/C25H29N3O3S/c1-16(2)14-21(24(30)31)26-23(29)20-12-10-18(11-13-20)15-28(4)25-27-22(17(3)32-25)19-8-6-5-7-9-19/h5-13,16,21H,14-15H2,1-4H3,(H,26,29)(H,30,31). The van der Waals surface area contributed by atoms with E-state index in [1.165, 1.54) is 4.88 Å². The molecule has 0 spiro atoms. The first-order valence-corrected chi connectivity index (χ1v) is 11.4. The second-order valence-electron chi connectivity index (χ2n) is 8.31. The van der Waals surface area contributed by atoms with Crippen molar-refractivity contribution < 1.29 is 14.7 Å². The van der Waals surface area contributed by atoms with Gasteiger partial charge >= 0.3 is 5.97 Å². The fourth-order valence-corrected chi connectivity index (χ4v) is 4.34. The molecule has 1 amide bonds. The van der Waals surface area contributed by atoms with Gasteiger partial charge in [0.15, 0.2) is 5.13 Å². The predicted octanol–water partition coefficient (Wildman–Crippen LogP) is 4.98. The molecule has 3 rings (SSSR count). The lowest BCUT2D eigenvalue weighted by molar-refractivity contribution is -0.139. The maximum Gasteiger partial charge on any atom is 0.326 e. The lowest BCUT2D eigenvalue weighted by Gasteiger charge is -2.17. The Kier molecular flexibility index (Phi) is 7.64. The summed E-state index contributed by atoms with van der Waals surface area (Å²) in [6.45, 7) is 6.59. The summed E-state index contributed by atoms with van der Waals surface area (Å²) >= 11 is 1.65. The number of carboxylic acids is 1. The summed E-state index contributed by atoms with van der Waals surface area (Å²) in [4.78, 5) is 32.0. The minimum absolute atomic E-state index is 0.172. The Morgan fingerprint density at radius 3 is 2.34 bits per heavy atom. The molecular weight excluding hydrogens is 422 g/mol. The molecule has 0 aliphatic carbocycles. The number of aliphatic carboxylic acids is 1. The maximum absolute atomic E-state index is 12.5. The quantitative estimate of drug-likeness (QED) is 0.479. The molecule has 0 radical (unpaired) electrons. The van der Waals surface area contributed by atoms with Crippen molar-refractivity contribution in [3.8, 4) is 11.3 Å². The fraction of sp³-hybridized carbons (Fsp3) is 0.320. The molecule has 7 heteroatoms. The zero-order chi connectivity index (χ0) is 23.3. The summed E-state index contributed by atoms with van der Waals surface area (Å²) in [5.41, 5.74) is 3.59. The molecule has 168 valence electrons. The maximum atomic E-state index is 12.5. The van der Waals surface area contributed by atoms with E-state index in [9.17, 15) is 14.7 Å². The van der Waals surface area contributed by atoms with Crippen LogP contribution in [0.4, 0.5) is 5.13 Å². The van der Waals surface area contributed by atoms with Crippen LogP contribution in [-0.4, -0.2) is 35.1 Å². The Hall–Kier alpha value is -3.19. The number of aryl methyl sites for hydroxylation is 1. The molecule has 1 unspecified atom stereocenters. The number of hydrogen-bond donors (Lipinski definition) is 2. The number of anilines is 1. The molecule has 2 N–H and O–H groups in total. The van der Waals surface area contributed by atoms with Crippen molar-refractivity contribution in [2.45, 2.75) is 39.8 Å². The van der Waals surface area contributed by atoms with Crippen LogP contribution >= 0.6 is 11.3 Å². The van der Waals surface area contributed by atoms with Gasteiger partial charge < -0.3 is 15.3 Å². The van der Waals surface area contributed by atoms with Gasteiger partial charge in [0.2, 0.25) is 0 Å². The molecule has 0 saturated heterocycles. The monoisotopic (exact) mass is 451 g/mol. The summed E-state index contributed by atoms with van der Waals surface area (Å²) in [6, 6.07) is 16.5. The average molecular weight is 452 g/mol. The number of thiazole rings is 1. The Morgan fingerprint density at radius 2 is 1.75 bits per heavy atom. The van der Waals surface area contributed by atoms with E-state index in [0.717, 1.165) is 22.0 Å². The van der Waals surface area contributed by atoms with Crippen molar-refractivity contribution in [3.05, 3.63) is 70.6 Å². The second-order valence-corrected chi connectivity index (χ2v) is 9.50. The average Bonchev–Trinajstić information content (AvgIpc) is 3.15. The summed E-state index contributed by atoms with van der Waals surface area (Å²) in [7, 11) is 2.00. The zero-order valence-corrected chi connectivity index (χ0v) is 19.6. The van der Waals surface area contributed by atoms with Crippen molar-refractivity contribution in [1.29, 1.82) is 0 Å². The SMILES string of the molecule is Cc1sc(N(C)Cc2ccc(C(=O)NC(CC(C)C)C(=O)O)cc2)nc1-c1ccccc1. The highest BCUT2D eigenvalue weighted by Gasteiger charge is 2.21. The van der Waals surface area contributed by atoms with E-state index in [1.54, 1.807) is 23.5 Å². The number of nitrogens with one attached hydrogen (secondary N) is 1. The van der Waals surface area contributed by atoms with E-state index in [0.29, 0.717) is 18.5 Å². The third kappa shape index (κ3) is 5.95. The van der Waals surface area contributed by atoms with E-state index >= 15 is 0 Å². The Labute approximate surface area is 192 Å². The van der Waals surface area contributed by atoms with Crippen molar-refractivity contribution in [1.82, 2.24) is 10.3 Å². The smallest absolute Gasteiger partial charge is 0.326 e. The molecule has 0 fully saturated rings. The number of nitrogens with zero attached hydrogens (tertiary/aromatic N) is 2. The van der Waals surface area contributed by atoms with Crippen molar-refractivity contribution >= 4 is 28.3 Å². The van der Waals surface area contributed by atoms with Gasteiger partial charge in [0, 0.05) is 29.6 Å². The normalized spacial score (nSPS) is 11.9. The van der Waals surface area contributed by atoms with E-state index in [4.69, 9.17) is 4.98 Å². The molecule has 0 saturated carbocycles. The summed E-state index contributed by atoms with van der Waals surface area (Å²) in [5, 5.41) is 12.9. The van der Waals surface area contributed by atoms with Crippen LogP contribution in [0.1, 0.15) is 41.1 Å². The van der Waals surface area contributed by atoms with Gasteiger partial charge in [-0.3, -0.25) is 4.79 Å². The van der Waals surface area contributed by atoms with E-state index in [2.05, 4.69) is 29.3 Å². The summed E-state index contributed by atoms with van der Waals surface area (Å²) in [5.74, 6) is -1.22. The van der Waals surface area contributed by atoms with Gasteiger partial charge in [0.1, 0.15) is 6.04 Å².